The Morgan fingerprint density at radius 3 is 2.71 bits per heavy atom. The van der Waals surface area contributed by atoms with Crippen molar-refractivity contribution in [2.45, 2.75) is 6.42 Å². The minimum atomic E-state index is -0.155. The van der Waals surface area contributed by atoms with Crippen molar-refractivity contribution in [1.29, 1.82) is 0 Å². The SMILES string of the molecule is CN(C)c1c(Cl)cccc1NC(=O)Cc1ccc(N)cn1. The number of amides is 1. The number of benzene rings is 1. The predicted molar refractivity (Wildman–Crippen MR) is 86.8 cm³/mol. The van der Waals surface area contributed by atoms with Crippen LogP contribution in [0.5, 0.6) is 0 Å². The number of pyridine rings is 1. The highest BCUT2D eigenvalue weighted by Crippen LogP contribution is 2.32. The summed E-state index contributed by atoms with van der Waals surface area (Å²) in [7, 11) is 3.75. The van der Waals surface area contributed by atoms with Crippen molar-refractivity contribution in [3.8, 4) is 0 Å². The van der Waals surface area contributed by atoms with Crippen LogP contribution in [0.1, 0.15) is 5.69 Å². The molecular formula is C15H17ClN4O. The summed E-state index contributed by atoms with van der Waals surface area (Å²) in [5, 5.41) is 3.45. The number of nitrogen functional groups attached to an aromatic ring is 1. The van der Waals surface area contributed by atoms with Crippen LogP contribution in [0, 0.1) is 0 Å². The fourth-order valence-electron chi connectivity index (χ4n) is 1.97. The van der Waals surface area contributed by atoms with Crippen molar-refractivity contribution in [1.82, 2.24) is 4.98 Å². The number of hydrogen-bond acceptors (Lipinski definition) is 4. The second-order valence-electron chi connectivity index (χ2n) is 4.84. The maximum Gasteiger partial charge on any atom is 0.230 e. The molecule has 1 aromatic heterocycles. The summed E-state index contributed by atoms with van der Waals surface area (Å²) in [5.41, 5.74) is 8.25. The van der Waals surface area contributed by atoms with Crippen LogP contribution < -0.4 is 16.0 Å². The van der Waals surface area contributed by atoms with E-state index >= 15 is 0 Å². The second kappa shape index (κ2) is 6.45. The number of nitrogens with two attached hydrogens (primary N) is 1. The number of aromatic nitrogens is 1. The molecule has 0 aliphatic carbocycles. The number of para-hydroxylation sites is 1. The summed E-state index contributed by atoms with van der Waals surface area (Å²) in [5.74, 6) is -0.155. The van der Waals surface area contributed by atoms with E-state index in [1.807, 2.05) is 25.1 Å². The van der Waals surface area contributed by atoms with Gasteiger partial charge in [0.1, 0.15) is 0 Å². The zero-order chi connectivity index (χ0) is 15.4. The lowest BCUT2D eigenvalue weighted by Crippen LogP contribution is -2.18. The number of nitrogens with one attached hydrogen (secondary N) is 1. The molecule has 0 bridgehead atoms. The van der Waals surface area contributed by atoms with E-state index in [0.29, 0.717) is 22.1 Å². The Morgan fingerprint density at radius 2 is 2.10 bits per heavy atom. The van der Waals surface area contributed by atoms with Crippen LogP contribution in [0.3, 0.4) is 0 Å². The molecule has 1 heterocycles. The third kappa shape index (κ3) is 3.86. The maximum absolute atomic E-state index is 12.1. The largest absolute Gasteiger partial charge is 0.397 e. The van der Waals surface area contributed by atoms with Gasteiger partial charge in [-0.2, -0.15) is 0 Å². The van der Waals surface area contributed by atoms with Crippen molar-refractivity contribution < 1.29 is 4.79 Å². The Labute approximate surface area is 128 Å². The second-order valence-corrected chi connectivity index (χ2v) is 5.25. The Hall–Kier alpha value is -2.27. The van der Waals surface area contributed by atoms with Crippen LogP contribution >= 0.6 is 11.6 Å². The molecule has 6 heteroatoms. The lowest BCUT2D eigenvalue weighted by Gasteiger charge is -2.19. The van der Waals surface area contributed by atoms with Gasteiger partial charge in [0.05, 0.1) is 34.7 Å². The number of halogens is 1. The highest BCUT2D eigenvalue weighted by Gasteiger charge is 2.12. The Bertz CT molecular complexity index is 641. The van der Waals surface area contributed by atoms with E-state index in [4.69, 9.17) is 17.3 Å². The first-order chi connectivity index (χ1) is 9.97. The van der Waals surface area contributed by atoms with E-state index in [1.54, 1.807) is 24.3 Å². The molecule has 3 N–H and O–H groups in total. The lowest BCUT2D eigenvalue weighted by atomic mass is 10.2. The Morgan fingerprint density at radius 1 is 1.33 bits per heavy atom. The van der Waals surface area contributed by atoms with Gasteiger partial charge in [0.25, 0.3) is 0 Å². The maximum atomic E-state index is 12.1. The Kier molecular flexibility index (Phi) is 4.65. The average Bonchev–Trinajstić information content (AvgIpc) is 2.41. The molecule has 0 saturated carbocycles. The van der Waals surface area contributed by atoms with Gasteiger partial charge in [0.2, 0.25) is 5.91 Å². The number of carbonyl (C=O) groups excluding carboxylic acids is 1. The molecule has 0 atom stereocenters. The standard InChI is InChI=1S/C15H17ClN4O/c1-20(2)15-12(16)4-3-5-13(15)19-14(21)8-11-7-6-10(17)9-18-11/h3-7,9H,8,17H2,1-2H3,(H,19,21). The van der Waals surface area contributed by atoms with Gasteiger partial charge in [-0.25, -0.2) is 0 Å². The summed E-state index contributed by atoms with van der Waals surface area (Å²) in [6.45, 7) is 0. The molecule has 21 heavy (non-hydrogen) atoms. The predicted octanol–water partition coefficient (Wildman–Crippen LogP) is 2.56. The van der Waals surface area contributed by atoms with E-state index in [1.165, 1.54) is 6.20 Å². The number of carbonyl (C=O) groups is 1. The lowest BCUT2D eigenvalue weighted by molar-refractivity contribution is -0.115. The van der Waals surface area contributed by atoms with Gasteiger partial charge in [-0.3, -0.25) is 9.78 Å². The molecule has 2 rings (SSSR count). The summed E-state index contributed by atoms with van der Waals surface area (Å²) >= 11 is 6.17. The molecule has 0 aliphatic heterocycles. The van der Waals surface area contributed by atoms with Crippen molar-refractivity contribution >= 4 is 34.6 Å². The molecule has 0 radical (unpaired) electrons. The first-order valence-corrected chi connectivity index (χ1v) is 6.81. The topological polar surface area (TPSA) is 71.2 Å². The number of hydrogen-bond donors (Lipinski definition) is 2. The van der Waals surface area contributed by atoms with Crippen LogP contribution in [0.2, 0.25) is 5.02 Å². The third-order valence-corrected chi connectivity index (χ3v) is 3.20. The van der Waals surface area contributed by atoms with E-state index < -0.39 is 0 Å². The van der Waals surface area contributed by atoms with E-state index in [-0.39, 0.29) is 12.3 Å². The van der Waals surface area contributed by atoms with Gasteiger partial charge in [-0.1, -0.05) is 17.7 Å². The molecule has 2 aromatic rings. The van der Waals surface area contributed by atoms with Crippen molar-refractivity contribution in [2.24, 2.45) is 0 Å². The molecule has 1 amide bonds. The van der Waals surface area contributed by atoms with Gasteiger partial charge in [-0.15, -0.1) is 0 Å². The molecule has 0 unspecified atom stereocenters. The molecule has 1 aromatic carbocycles. The number of anilines is 3. The third-order valence-electron chi connectivity index (χ3n) is 2.90. The summed E-state index contributed by atoms with van der Waals surface area (Å²) in [6, 6.07) is 8.86. The fraction of sp³-hybridized carbons (Fsp3) is 0.200. The van der Waals surface area contributed by atoms with Gasteiger partial charge in [0.15, 0.2) is 0 Å². The minimum absolute atomic E-state index is 0.155. The van der Waals surface area contributed by atoms with Crippen molar-refractivity contribution in [3.63, 3.8) is 0 Å². The first-order valence-electron chi connectivity index (χ1n) is 6.43. The molecule has 110 valence electrons. The van der Waals surface area contributed by atoms with Gasteiger partial charge < -0.3 is 16.0 Å². The quantitative estimate of drug-likeness (QED) is 0.910. The fourth-order valence-corrected chi connectivity index (χ4v) is 2.31. The molecule has 0 saturated heterocycles. The summed E-state index contributed by atoms with van der Waals surface area (Å²) in [4.78, 5) is 18.1. The van der Waals surface area contributed by atoms with Crippen molar-refractivity contribution in [2.75, 3.05) is 30.0 Å². The van der Waals surface area contributed by atoms with Gasteiger partial charge in [0, 0.05) is 19.8 Å². The summed E-state index contributed by atoms with van der Waals surface area (Å²) in [6.07, 6.45) is 1.72. The average molecular weight is 305 g/mol. The van der Waals surface area contributed by atoms with E-state index in [0.717, 1.165) is 5.69 Å². The normalized spacial score (nSPS) is 10.2. The van der Waals surface area contributed by atoms with Crippen LogP contribution in [0.15, 0.2) is 36.5 Å². The first kappa shape index (κ1) is 15.1. The summed E-state index contributed by atoms with van der Waals surface area (Å²) < 4.78 is 0. The highest BCUT2D eigenvalue weighted by molar-refractivity contribution is 6.34. The van der Waals surface area contributed by atoms with Crippen LogP contribution in [-0.4, -0.2) is 25.0 Å². The minimum Gasteiger partial charge on any atom is -0.397 e. The molecule has 0 fully saturated rings. The zero-order valence-electron chi connectivity index (χ0n) is 11.9. The number of rotatable bonds is 4. The Balaban J connectivity index is 2.13. The smallest absolute Gasteiger partial charge is 0.230 e. The monoisotopic (exact) mass is 304 g/mol. The highest BCUT2D eigenvalue weighted by atomic mass is 35.5. The van der Waals surface area contributed by atoms with E-state index in [2.05, 4.69) is 10.3 Å². The molecular weight excluding hydrogens is 288 g/mol. The molecule has 0 spiro atoms. The van der Waals surface area contributed by atoms with Crippen LogP contribution in [0.25, 0.3) is 0 Å². The zero-order valence-corrected chi connectivity index (χ0v) is 12.7. The molecule has 0 aliphatic rings. The number of nitrogens with zero attached hydrogens (tertiary/aromatic N) is 2. The van der Waals surface area contributed by atoms with Crippen LogP contribution in [-0.2, 0) is 11.2 Å². The van der Waals surface area contributed by atoms with E-state index in [9.17, 15) is 4.79 Å². The van der Waals surface area contributed by atoms with Crippen molar-refractivity contribution in [3.05, 3.63) is 47.2 Å². The van der Waals surface area contributed by atoms with Gasteiger partial charge in [-0.05, 0) is 24.3 Å². The van der Waals surface area contributed by atoms with Gasteiger partial charge >= 0.3 is 0 Å². The van der Waals surface area contributed by atoms with Crippen LogP contribution in [0.4, 0.5) is 17.1 Å². The molecule has 5 nitrogen and oxygen atoms in total.